The van der Waals surface area contributed by atoms with Gasteiger partial charge in [0.1, 0.15) is 5.82 Å². The van der Waals surface area contributed by atoms with Gasteiger partial charge in [0.25, 0.3) is 0 Å². The molecule has 0 aromatic carbocycles. The van der Waals surface area contributed by atoms with Gasteiger partial charge in [-0.3, -0.25) is 9.20 Å². The van der Waals surface area contributed by atoms with E-state index in [2.05, 4.69) is 10.2 Å². The maximum Gasteiger partial charge on any atom is 0.239 e. The van der Waals surface area contributed by atoms with Gasteiger partial charge in [-0.25, -0.2) is 0 Å². The number of carbonyl (C=O) groups is 1. The van der Waals surface area contributed by atoms with Crippen molar-refractivity contribution < 1.29 is 4.79 Å². The number of pyridine rings is 1. The highest BCUT2D eigenvalue weighted by Crippen LogP contribution is 2.26. The first-order valence-corrected chi connectivity index (χ1v) is 9.43. The first kappa shape index (κ1) is 16.3. The quantitative estimate of drug-likeness (QED) is 0.898. The van der Waals surface area contributed by atoms with Gasteiger partial charge >= 0.3 is 0 Å². The van der Waals surface area contributed by atoms with Crippen molar-refractivity contribution in [2.75, 3.05) is 25.1 Å². The van der Waals surface area contributed by atoms with Gasteiger partial charge in [0.2, 0.25) is 5.91 Å². The van der Waals surface area contributed by atoms with Crippen LogP contribution in [-0.4, -0.2) is 56.5 Å². The summed E-state index contributed by atoms with van der Waals surface area (Å²) >= 11 is 1.72. The van der Waals surface area contributed by atoms with Crippen molar-refractivity contribution in [3.63, 3.8) is 0 Å². The number of carbonyl (C=O) groups excluding carboxylic acids is 1. The Balaban J connectivity index is 1.72. The molecule has 3 rings (SSSR count). The number of fused-ring (bicyclic) bond motifs is 1. The third kappa shape index (κ3) is 3.50. The molecule has 1 unspecified atom stereocenters. The standard InChI is InChI=1S/C16H23N5OS/c1-23-10-7-13(17)16(22)20-8-4-5-12(11-20)15-19-18-14-6-2-3-9-21(14)15/h2-3,6,9,12-13H,4-5,7-8,10-11,17H2,1H3/t12?,13-/m0/s1. The van der Waals surface area contributed by atoms with E-state index in [1.54, 1.807) is 11.8 Å². The Kier molecular flexibility index (Phi) is 5.17. The van der Waals surface area contributed by atoms with E-state index >= 15 is 0 Å². The molecular formula is C16H23N5OS. The Labute approximate surface area is 140 Å². The van der Waals surface area contributed by atoms with Crippen molar-refractivity contribution in [1.29, 1.82) is 0 Å². The maximum atomic E-state index is 12.5. The Morgan fingerprint density at radius 1 is 1.48 bits per heavy atom. The van der Waals surface area contributed by atoms with E-state index in [4.69, 9.17) is 5.73 Å². The number of nitrogens with zero attached hydrogens (tertiary/aromatic N) is 4. The molecule has 2 atom stereocenters. The zero-order valence-corrected chi connectivity index (χ0v) is 14.2. The average molecular weight is 333 g/mol. The Morgan fingerprint density at radius 2 is 2.35 bits per heavy atom. The molecule has 0 saturated carbocycles. The van der Waals surface area contributed by atoms with E-state index in [1.807, 2.05) is 40.0 Å². The molecular weight excluding hydrogens is 310 g/mol. The lowest BCUT2D eigenvalue weighted by atomic mass is 9.96. The average Bonchev–Trinajstić information content (AvgIpc) is 3.03. The summed E-state index contributed by atoms with van der Waals surface area (Å²) < 4.78 is 2.02. The van der Waals surface area contributed by atoms with Gasteiger partial charge in [-0.05, 0) is 43.4 Å². The summed E-state index contributed by atoms with van der Waals surface area (Å²) in [6.07, 6.45) is 6.75. The number of rotatable bonds is 5. The number of nitrogens with two attached hydrogens (primary N) is 1. The van der Waals surface area contributed by atoms with Crippen LogP contribution >= 0.6 is 11.8 Å². The first-order valence-electron chi connectivity index (χ1n) is 8.03. The van der Waals surface area contributed by atoms with Gasteiger partial charge in [0.15, 0.2) is 5.65 Å². The predicted molar refractivity (Wildman–Crippen MR) is 92.5 cm³/mol. The van der Waals surface area contributed by atoms with Crippen LogP contribution in [0, 0.1) is 0 Å². The van der Waals surface area contributed by atoms with Crippen LogP contribution in [-0.2, 0) is 4.79 Å². The molecule has 0 radical (unpaired) electrons. The van der Waals surface area contributed by atoms with E-state index in [0.29, 0.717) is 6.54 Å². The highest BCUT2D eigenvalue weighted by atomic mass is 32.2. The molecule has 6 nitrogen and oxygen atoms in total. The lowest BCUT2D eigenvalue weighted by Crippen LogP contribution is -2.48. The van der Waals surface area contributed by atoms with Crippen molar-refractivity contribution in [2.24, 2.45) is 5.73 Å². The van der Waals surface area contributed by atoms with Crippen molar-refractivity contribution in [3.05, 3.63) is 30.2 Å². The van der Waals surface area contributed by atoms with Crippen LogP contribution in [0.2, 0.25) is 0 Å². The summed E-state index contributed by atoms with van der Waals surface area (Å²) in [5, 5.41) is 8.57. The van der Waals surface area contributed by atoms with Gasteiger partial charge in [-0.15, -0.1) is 10.2 Å². The number of amides is 1. The van der Waals surface area contributed by atoms with Crippen LogP contribution in [0.1, 0.15) is 31.0 Å². The summed E-state index contributed by atoms with van der Waals surface area (Å²) in [6, 6.07) is 5.48. The fourth-order valence-electron chi connectivity index (χ4n) is 3.13. The minimum absolute atomic E-state index is 0.0672. The van der Waals surface area contributed by atoms with E-state index in [0.717, 1.165) is 43.0 Å². The van der Waals surface area contributed by atoms with E-state index in [-0.39, 0.29) is 11.8 Å². The molecule has 2 N–H and O–H groups in total. The van der Waals surface area contributed by atoms with E-state index in [1.165, 1.54) is 0 Å². The highest BCUT2D eigenvalue weighted by Gasteiger charge is 2.29. The third-order valence-electron chi connectivity index (χ3n) is 4.39. The maximum absolute atomic E-state index is 12.5. The SMILES string of the molecule is CSCC[C@H](N)C(=O)N1CCCC(c2nnc3ccccn23)C1. The summed E-state index contributed by atoms with van der Waals surface area (Å²) in [5.74, 6) is 2.14. The Hall–Kier alpha value is -1.60. The molecule has 0 spiro atoms. The van der Waals surface area contributed by atoms with E-state index in [9.17, 15) is 4.79 Å². The van der Waals surface area contributed by atoms with E-state index < -0.39 is 6.04 Å². The van der Waals surface area contributed by atoms with Crippen molar-refractivity contribution in [1.82, 2.24) is 19.5 Å². The van der Waals surface area contributed by atoms with Crippen LogP contribution in [0.5, 0.6) is 0 Å². The second-order valence-electron chi connectivity index (χ2n) is 6.00. The van der Waals surface area contributed by atoms with Gasteiger partial charge in [-0.1, -0.05) is 6.07 Å². The van der Waals surface area contributed by atoms with Gasteiger partial charge < -0.3 is 10.6 Å². The monoisotopic (exact) mass is 333 g/mol. The number of piperidine rings is 1. The molecule has 0 aliphatic carbocycles. The number of thioether (sulfide) groups is 1. The summed E-state index contributed by atoms with van der Waals surface area (Å²) in [4.78, 5) is 14.4. The fourth-order valence-corrected chi connectivity index (χ4v) is 3.62. The topological polar surface area (TPSA) is 76.5 Å². The van der Waals surface area contributed by atoms with Crippen molar-refractivity contribution in [3.8, 4) is 0 Å². The first-order chi connectivity index (χ1) is 11.2. The minimum Gasteiger partial charge on any atom is -0.341 e. The molecule has 1 saturated heterocycles. The number of hydrogen-bond donors (Lipinski definition) is 1. The smallest absolute Gasteiger partial charge is 0.239 e. The largest absolute Gasteiger partial charge is 0.341 e. The van der Waals surface area contributed by atoms with Gasteiger partial charge in [-0.2, -0.15) is 11.8 Å². The molecule has 124 valence electrons. The molecule has 0 bridgehead atoms. The van der Waals surface area contributed by atoms with Gasteiger partial charge in [0, 0.05) is 25.2 Å². The summed E-state index contributed by atoms with van der Waals surface area (Å²) in [6.45, 7) is 1.47. The highest BCUT2D eigenvalue weighted by molar-refractivity contribution is 7.98. The second-order valence-corrected chi connectivity index (χ2v) is 6.98. The summed E-state index contributed by atoms with van der Waals surface area (Å²) in [5.41, 5.74) is 6.90. The van der Waals surface area contributed by atoms with Crippen LogP contribution in [0.25, 0.3) is 5.65 Å². The van der Waals surface area contributed by atoms with Gasteiger partial charge in [0.05, 0.1) is 6.04 Å². The lowest BCUT2D eigenvalue weighted by molar-refractivity contribution is -0.133. The molecule has 1 amide bonds. The number of aromatic nitrogens is 3. The fraction of sp³-hybridized carbons (Fsp3) is 0.562. The molecule has 1 fully saturated rings. The van der Waals surface area contributed by atoms with Crippen LogP contribution < -0.4 is 5.73 Å². The third-order valence-corrected chi connectivity index (χ3v) is 5.03. The normalized spacial score (nSPS) is 19.9. The molecule has 2 aromatic rings. The number of hydrogen-bond acceptors (Lipinski definition) is 5. The number of likely N-dealkylation sites (tertiary alicyclic amines) is 1. The minimum atomic E-state index is -0.392. The van der Waals surface area contributed by atoms with Crippen molar-refractivity contribution >= 4 is 23.3 Å². The molecule has 2 aromatic heterocycles. The molecule has 3 heterocycles. The molecule has 1 aliphatic rings. The second kappa shape index (κ2) is 7.31. The van der Waals surface area contributed by atoms with Crippen LogP contribution in [0.3, 0.4) is 0 Å². The Morgan fingerprint density at radius 3 is 3.17 bits per heavy atom. The summed E-state index contributed by atoms with van der Waals surface area (Å²) in [7, 11) is 0. The molecule has 1 aliphatic heterocycles. The predicted octanol–water partition coefficient (Wildman–Crippen LogP) is 1.52. The lowest BCUT2D eigenvalue weighted by Gasteiger charge is -2.33. The molecule has 7 heteroatoms. The zero-order valence-electron chi connectivity index (χ0n) is 13.4. The van der Waals surface area contributed by atoms with Crippen LogP contribution in [0.15, 0.2) is 24.4 Å². The Bertz CT molecular complexity index is 673. The zero-order chi connectivity index (χ0) is 16.2. The van der Waals surface area contributed by atoms with Crippen LogP contribution in [0.4, 0.5) is 0 Å². The molecule has 23 heavy (non-hydrogen) atoms. The van der Waals surface area contributed by atoms with Crippen molar-refractivity contribution in [2.45, 2.75) is 31.2 Å².